The SMILES string of the molecule is O=C(O)c1cc(OCCOc2cccc(Cl)c2)cs1. The zero-order valence-corrected chi connectivity index (χ0v) is 11.4. The average molecular weight is 299 g/mol. The van der Waals surface area contributed by atoms with Gasteiger partial charge in [0.1, 0.15) is 29.6 Å². The molecule has 2 aromatic rings. The van der Waals surface area contributed by atoms with Crippen LogP contribution in [-0.4, -0.2) is 24.3 Å². The Balaban J connectivity index is 1.76. The summed E-state index contributed by atoms with van der Waals surface area (Å²) in [6.07, 6.45) is 0. The maximum absolute atomic E-state index is 10.7. The van der Waals surface area contributed by atoms with Gasteiger partial charge in [0.25, 0.3) is 0 Å². The van der Waals surface area contributed by atoms with Crippen LogP contribution >= 0.6 is 22.9 Å². The molecule has 0 aliphatic carbocycles. The molecule has 0 unspecified atom stereocenters. The molecular weight excluding hydrogens is 288 g/mol. The summed E-state index contributed by atoms with van der Waals surface area (Å²) in [6.45, 7) is 0.695. The van der Waals surface area contributed by atoms with Crippen molar-refractivity contribution >= 4 is 28.9 Å². The zero-order valence-electron chi connectivity index (χ0n) is 9.84. The summed E-state index contributed by atoms with van der Waals surface area (Å²) in [5.74, 6) is 0.264. The second-order valence-corrected chi connectivity index (χ2v) is 4.95. The first-order chi connectivity index (χ1) is 9.15. The average Bonchev–Trinajstić information content (AvgIpc) is 2.84. The molecule has 0 aliphatic heterocycles. The van der Waals surface area contributed by atoms with Crippen molar-refractivity contribution in [3.8, 4) is 11.5 Å². The molecule has 0 aliphatic rings. The van der Waals surface area contributed by atoms with Crippen LogP contribution in [0.1, 0.15) is 9.67 Å². The normalized spacial score (nSPS) is 10.2. The van der Waals surface area contributed by atoms with Crippen LogP contribution in [0, 0.1) is 0 Å². The van der Waals surface area contributed by atoms with Gasteiger partial charge < -0.3 is 14.6 Å². The summed E-state index contributed by atoms with van der Waals surface area (Å²) in [5, 5.41) is 11.0. The van der Waals surface area contributed by atoms with E-state index in [0.717, 1.165) is 11.3 Å². The van der Waals surface area contributed by atoms with E-state index in [1.807, 2.05) is 0 Å². The summed E-state index contributed by atoms with van der Waals surface area (Å²) in [5.41, 5.74) is 0. The smallest absolute Gasteiger partial charge is 0.346 e. The lowest BCUT2D eigenvalue weighted by molar-refractivity contribution is 0.0702. The summed E-state index contributed by atoms with van der Waals surface area (Å²) in [4.78, 5) is 10.9. The summed E-state index contributed by atoms with van der Waals surface area (Å²) in [7, 11) is 0. The van der Waals surface area contributed by atoms with Crippen molar-refractivity contribution in [1.82, 2.24) is 0 Å². The Morgan fingerprint density at radius 1 is 1.21 bits per heavy atom. The fourth-order valence-corrected chi connectivity index (χ4v) is 2.23. The van der Waals surface area contributed by atoms with E-state index in [0.29, 0.717) is 29.7 Å². The second kappa shape index (κ2) is 6.45. The van der Waals surface area contributed by atoms with E-state index in [9.17, 15) is 4.79 Å². The number of benzene rings is 1. The number of ether oxygens (including phenoxy) is 2. The molecule has 100 valence electrons. The first-order valence-electron chi connectivity index (χ1n) is 5.48. The Hall–Kier alpha value is -1.72. The van der Waals surface area contributed by atoms with Crippen LogP contribution in [0.4, 0.5) is 0 Å². The molecule has 0 spiro atoms. The van der Waals surface area contributed by atoms with Gasteiger partial charge in [-0.1, -0.05) is 17.7 Å². The third kappa shape index (κ3) is 4.15. The van der Waals surface area contributed by atoms with Gasteiger partial charge in [0, 0.05) is 16.5 Å². The highest BCUT2D eigenvalue weighted by atomic mass is 35.5. The van der Waals surface area contributed by atoms with Crippen LogP contribution in [0.2, 0.25) is 5.02 Å². The topological polar surface area (TPSA) is 55.8 Å². The van der Waals surface area contributed by atoms with Gasteiger partial charge in [-0.15, -0.1) is 11.3 Å². The summed E-state index contributed by atoms with van der Waals surface area (Å²) >= 11 is 6.95. The lowest BCUT2D eigenvalue weighted by Gasteiger charge is -2.07. The van der Waals surface area contributed by atoms with Crippen molar-refractivity contribution in [1.29, 1.82) is 0 Å². The summed E-state index contributed by atoms with van der Waals surface area (Å²) < 4.78 is 10.8. The van der Waals surface area contributed by atoms with Crippen molar-refractivity contribution in [2.45, 2.75) is 0 Å². The van der Waals surface area contributed by atoms with Crippen LogP contribution < -0.4 is 9.47 Å². The molecule has 4 nitrogen and oxygen atoms in total. The minimum absolute atomic E-state index is 0.255. The molecule has 2 rings (SSSR count). The molecule has 1 aromatic heterocycles. The first-order valence-corrected chi connectivity index (χ1v) is 6.74. The fourth-order valence-electron chi connectivity index (χ4n) is 1.38. The molecule has 1 N–H and O–H groups in total. The van der Waals surface area contributed by atoms with Gasteiger partial charge in [0.05, 0.1) is 0 Å². The monoisotopic (exact) mass is 298 g/mol. The van der Waals surface area contributed by atoms with E-state index >= 15 is 0 Å². The van der Waals surface area contributed by atoms with Crippen LogP contribution in [0.15, 0.2) is 35.7 Å². The molecule has 1 aromatic carbocycles. The maximum atomic E-state index is 10.7. The number of thiophene rings is 1. The Kier molecular flexibility index (Phi) is 4.65. The number of hydrogen-bond acceptors (Lipinski definition) is 4. The number of hydrogen-bond donors (Lipinski definition) is 1. The number of rotatable bonds is 6. The Morgan fingerprint density at radius 2 is 1.95 bits per heavy atom. The fraction of sp³-hybridized carbons (Fsp3) is 0.154. The van der Waals surface area contributed by atoms with Gasteiger partial charge in [-0.3, -0.25) is 0 Å². The molecule has 6 heteroatoms. The zero-order chi connectivity index (χ0) is 13.7. The maximum Gasteiger partial charge on any atom is 0.346 e. The highest BCUT2D eigenvalue weighted by Gasteiger charge is 2.07. The van der Waals surface area contributed by atoms with Gasteiger partial charge >= 0.3 is 5.97 Å². The van der Waals surface area contributed by atoms with E-state index in [-0.39, 0.29) is 4.88 Å². The Labute approximate surface area is 119 Å². The second-order valence-electron chi connectivity index (χ2n) is 3.61. The quantitative estimate of drug-likeness (QED) is 0.829. The number of aromatic carboxylic acids is 1. The van der Waals surface area contributed by atoms with Gasteiger partial charge in [-0.2, -0.15) is 0 Å². The van der Waals surface area contributed by atoms with Crippen molar-refractivity contribution < 1.29 is 19.4 Å². The molecule has 0 radical (unpaired) electrons. The predicted octanol–water partition coefficient (Wildman–Crippen LogP) is 3.56. The Bertz CT molecular complexity index is 567. The van der Waals surface area contributed by atoms with Gasteiger partial charge in [-0.25, -0.2) is 4.79 Å². The molecule has 0 atom stereocenters. The van der Waals surface area contributed by atoms with Crippen molar-refractivity contribution in [2.75, 3.05) is 13.2 Å². The molecule has 0 saturated heterocycles. The van der Waals surface area contributed by atoms with Crippen LogP contribution in [0.3, 0.4) is 0 Å². The lowest BCUT2D eigenvalue weighted by atomic mass is 10.3. The van der Waals surface area contributed by atoms with E-state index in [2.05, 4.69) is 0 Å². The number of carbonyl (C=O) groups is 1. The van der Waals surface area contributed by atoms with Gasteiger partial charge in [0.15, 0.2) is 0 Å². The number of halogens is 1. The number of carboxylic acids is 1. The van der Waals surface area contributed by atoms with Crippen molar-refractivity contribution in [3.63, 3.8) is 0 Å². The Morgan fingerprint density at radius 3 is 2.58 bits per heavy atom. The van der Waals surface area contributed by atoms with Gasteiger partial charge in [-0.05, 0) is 18.2 Å². The predicted molar refractivity (Wildman–Crippen MR) is 73.7 cm³/mol. The van der Waals surface area contributed by atoms with E-state index < -0.39 is 5.97 Å². The molecule has 0 bridgehead atoms. The molecule has 0 saturated carbocycles. The lowest BCUT2D eigenvalue weighted by Crippen LogP contribution is -2.08. The van der Waals surface area contributed by atoms with Crippen LogP contribution in [0.25, 0.3) is 0 Å². The van der Waals surface area contributed by atoms with Gasteiger partial charge in [0.2, 0.25) is 0 Å². The molecule has 19 heavy (non-hydrogen) atoms. The van der Waals surface area contributed by atoms with Crippen LogP contribution in [0.5, 0.6) is 11.5 Å². The van der Waals surface area contributed by atoms with E-state index in [4.69, 9.17) is 26.2 Å². The van der Waals surface area contributed by atoms with Crippen LogP contribution in [-0.2, 0) is 0 Å². The largest absolute Gasteiger partial charge is 0.490 e. The number of carboxylic acid groups (broad SMARTS) is 1. The molecule has 1 heterocycles. The third-order valence-electron chi connectivity index (χ3n) is 2.20. The van der Waals surface area contributed by atoms with Crippen molar-refractivity contribution in [3.05, 3.63) is 45.6 Å². The molecule has 0 amide bonds. The molecular formula is C13H11ClO4S. The third-order valence-corrected chi connectivity index (χ3v) is 3.33. The highest BCUT2D eigenvalue weighted by Crippen LogP contribution is 2.21. The first kappa shape index (κ1) is 13.7. The summed E-state index contributed by atoms with van der Waals surface area (Å²) in [6, 6.07) is 8.58. The minimum Gasteiger partial charge on any atom is -0.490 e. The molecule has 0 fully saturated rings. The van der Waals surface area contributed by atoms with Crippen molar-refractivity contribution in [2.24, 2.45) is 0 Å². The van der Waals surface area contributed by atoms with E-state index in [1.54, 1.807) is 29.6 Å². The minimum atomic E-state index is -0.949. The van der Waals surface area contributed by atoms with E-state index in [1.165, 1.54) is 6.07 Å². The standard InChI is InChI=1S/C13H11ClO4S/c14-9-2-1-3-10(6-9)17-4-5-18-11-7-12(13(15)16)19-8-11/h1-3,6-8H,4-5H2,(H,15,16). The highest BCUT2D eigenvalue weighted by molar-refractivity contribution is 7.12.